The maximum atomic E-state index is 13.1. The standard InChI is InChI=1S/C23H27FN2O4/c1-16-12-26(17(2)11-25(16)13-18-4-7-20(24)8-5-18)23(28)15-30-21-9-6-19(14-27)22(10-21)29-3/h4-10,14,16-17H,11-13,15H2,1-3H3/t16-,17+/m1/s1. The Morgan fingerprint density at radius 3 is 2.53 bits per heavy atom. The van der Waals surface area contributed by atoms with Gasteiger partial charge in [-0.05, 0) is 43.7 Å². The maximum Gasteiger partial charge on any atom is 0.260 e. The molecule has 0 saturated carbocycles. The molecule has 30 heavy (non-hydrogen) atoms. The van der Waals surface area contributed by atoms with E-state index in [0.29, 0.717) is 36.4 Å². The molecule has 160 valence electrons. The molecule has 2 aromatic carbocycles. The summed E-state index contributed by atoms with van der Waals surface area (Å²) < 4.78 is 23.9. The highest BCUT2D eigenvalue weighted by molar-refractivity contribution is 5.80. The normalized spacial score (nSPS) is 19.4. The number of carbonyl (C=O) groups excluding carboxylic acids is 2. The van der Waals surface area contributed by atoms with Crippen molar-refractivity contribution in [1.29, 1.82) is 0 Å². The van der Waals surface area contributed by atoms with Crippen molar-refractivity contribution >= 4 is 12.2 Å². The van der Waals surface area contributed by atoms with Crippen molar-refractivity contribution in [3.63, 3.8) is 0 Å². The zero-order chi connectivity index (χ0) is 21.7. The summed E-state index contributed by atoms with van der Waals surface area (Å²) in [6.45, 7) is 6.05. The fourth-order valence-electron chi connectivity index (χ4n) is 3.70. The van der Waals surface area contributed by atoms with E-state index < -0.39 is 0 Å². The van der Waals surface area contributed by atoms with Crippen LogP contribution >= 0.6 is 0 Å². The van der Waals surface area contributed by atoms with Gasteiger partial charge in [-0.2, -0.15) is 0 Å². The van der Waals surface area contributed by atoms with Gasteiger partial charge in [0.25, 0.3) is 5.91 Å². The highest BCUT2D eigenvalue weighted by atomic mass is 19.1. The second-order valence-corrected chi connectivity index (χ2v) is 7.61. The predicted octanol–water partition coefficient (Wildman–Crippen LogP) is 3.15. The van der Waals surface area contributed by atoms with Gasteiger partial charge >= 0.3 is 0 Å². The van der Waals surface area contributed by atoms with Crippen LogP contribution in [0.3, 0.4) is 0 Å². The average molecular weight is 414 g/mol. The highest BCUT2D eigenvalue weighted by Gasteiger charge is 2.32. The summed E-state index contributed by atoms with van der Waals surface area (Å²) in [4.78, 5) is 27.9. The van der Waals surface area contributed by atoms with Gasteiger partial charge in [-0.25, -0.2) is 4.39 Å². The van der Waals surface area contributed by atoms with Gasteiger partial charge in [-0.1, -0.05) is 12.1 Å². The molecule has 0 N–H and O–H groups in total. The Kier molecular flexibility index (Phi) is 7.05. The summed E-state index contributed by atoms with van der Waals surface area (Å²) in [6, 6.07) is 11.6. The lowest BCUT2D eigenvalue weighted by Crippen LogP contribution is -2.58. The molecular weight excluding hydrogens is 387 g/mol. The minimum absolute atomic E-state index is 0.0322. The molecule has 1 saturated heterocycles. The first kappa shape index (κ1) is 21.8. The van der Waals surface area contributed by atoms with Crippen LogP contribution in [0.2, 0.25) is 0 Å². The van der Waals surface area contributed by atoms with Crippen LogP contribution in [-0.2, 0) is 11.3 Å². The van der Waals surface area contributed by atoms with Crippen molar-refractivity contribution in [2.45, 2.75) is 32.5 Å². The summed E-state index contributed by atoms with van der Waals surface area (Å²) in [5.41, 5.74) is 1.47. The van der Waals surface area contributed by atoms with Crippen LogP contribution in [0.25, 0.3) is 0 Å². The molecule has 1 heterocycles. The number of piperazine rings is 1. The number of rotatable bonds is 7. The van der Waals surface area contributed by atoms with Crippen LogP contribution in [-0.4, -0.2) is 60.9 Å². The summed E-state index contributed by atoms with van der Waals surface area (Å²) in [5.74, 6) is 0.552. The third-order valence-electron chi connectivity index (χ3n) is 5.43. The van der Waals surface area contributed by atoms with E-state index in [1.807, 2.05) is 11.8 Å². The lowest BCUT2D eigenvalue weighted by molar-refractivity contribution is -0.139. The Morgan fingerprint density at radius 1 is 1.13 bits per heavy atom. The highest BCUT2D eigenvalue weighted by Crippen LogP contribution is 2.24. The lowest BCUT2D eigenvalue weighted by atomic mass is 10.1. The van der Waals surface area contributed by atoms with Crippen molar-refractivity contribution in [3.05, 3.63) is 59.4 Å². The largest absolute Gasteiger partial charge is 0.496 e. The number of halogens is 1. The van der Waals surface area contributed by atoms with Crippen LogP contribution in [0.5, 0.6) is 11.5 Å². The van der Waals surface area contributed by atoms with Gasteiger partial charge in [0.05, 0.1) is 12.7 Å². The molecule has 0 aliphatic carbocycles. The molecule has 0 spiro atoms. The summed E-state index contributed by atoms with van der Waals surface area (Å²) in [6.07, 6.45) is 0.711. The van der Waals surface area contributed by atoms with E-state index in [1.54, 1.807) is 30.3 Å². The first-order valence-corrected chi connectivity index (χ1v) is 9.95. The number of ether oxygens (including phenoxy) is 2. The van der Waals surface area contributed by atoms with Gasteiger partial charge in [-0.3, -0.25) is 14.5 Å². The van der Waals surface area contributed by atoms with Crippen molar-refractivity contribution in [2.24, 2.45) is 0 Å². The van der Waals surface area contributed by atoms with Crippen LogP contribution in [0.4, 0.5) is 4.39 Å². The van der Waals surface area contributed by atoms with Gasteiger partial charge in [0.1, 0.15) is 17.3 Å². The van der Waals surface area contributed by atoms with Gasteiger partial charge in [0, 0.05) is 37.8 Å². The molecule has 0 radical (unpaired) electrons. The molecular formula is C23H27FN2O4. The number of amides is 1. The van der Waals surface area contributed by atoms with E-state index in [0.717, 1.165) is 12.1 Å². The van der Waals surface area contributed by atoms with E-state index in [-0.39, 0.29) is 30.4 Å². The quantitative estimate of drug-likeness (QED) is 0.652. The number of benzene rings is 2. The summed E-state index contributed by atoms with van der Waals surface area (Å²) in [7, 11) is 1.48. The SMILES string of the molecule is COc1cc(OCC(=O)N2C[C@@H](C)N(Cc3ccc(F)cc3)C[C@@H]2C)ccc1C=O. The van der Waals surface area contributed by atoms with Crippen molar-refractivity contribution < 1.29 is 23.5 Å². The molecule has 2 atom stereocenters. The molecule has 2 aromatic rings. The Labute approximate surface area is 176 Å². The van der Waals surface area contributed by atoms with E-state index in [1.165, 1.54) is 19.2 Å². The number of nitrogens with zero attached hydrogens (tertiary/aromatic N) is 2. The zero-order valence-electron chi connectivity index (χ0n) is 17.5. The van der Waals surface area contributed by atoms with Gasteiger partial charge in [-0.15, -0.1) is 0 Å². The second-order valence-electron chi connectivity index (χ2n) is 7.61. The van der Waals surface area contributed by atoms with Gasteiger partial charge in [0.2, 0.25) is 0 Å². The third-order valence-corrected chi connectivity index (χ3v) is 5.43. The van der Waals surface area contributed by atoms with Crippen LogP contribution in [0.1, 0.15) is 29.8 Å². The molecule has 0 unspecified atom stereocenters. The monoisotopic (exact) mass is 414 g/mol. The lowest BCUT2D eigenvalue weighted by Gasteiger charge is -2.44. The Morgan fingerprint density at radius 2 is 1.87 bits per heavy atom. The van der Waals surface area contributed by atoms with Crippen LogP contribution < -0.4 is 9.47 Å². The molecule has 1 aliphatic rings. The van der Waals surface area contributed by atoms with Gasteiger partial charge < -0.3 is 14.4 Å². The number of carbonyl (C=O) groups is 2. The number of hydrogen-bond acceptors (Lipinski definition) is 5. The third kappa shape index (κ3) is 5.16. The topological polar surface area (TPSA) is 59.1 Å². The first-order valence-electron chi connectivity index (χ1n) is 9.95. The molecule has 0 aromatic heterocycles. The molecule has 1 amide bonds. The molecule has 1 fully saturated rings. The van der Waals surface area contributed by atoms with Crippen LogP contribution in [0.15, 0.2) is 42.5 Å². The summed E-state index contributed by atoms with van der Waals surface area (Å²) in [5, 5.41) is 0. The fraction of sp³-hybridized carbons (Fsp3) is 0.391. The molecule has 0 bridgehead atoms. The molecule has 1 aliphatic heterocycles. The Balaban J connectivity index is 1.57. The Hall–Kier alpha value is -2.93. The van der Waals surface area contributed by atoms with E-state index >= 15 is 0 Å². The molecule has 6 nitrogen and oxygen atoms in total. The minimum Gasteiger partial charge on any atom is -0.496 e. The Bertz CT molecular complexity index is 887. The molecule has 7 heteroatoms. The van der Waals surface area contributed by atoms with Crippen molar-refractivity contribution in [1.82, 2.24) is 9.80 Å². The van der Waals surface area contributed by atoms with E-state index in [2.05, 4.69) is 11.8 Å². The smallest absolute Gasteiger partial charge is 0.260 e. The van der Waals surface area contributed by atoms with E-state index in [9.17, 15) is 14.0 Å². The average Bonchev–Trinajstić information content (AvgIpc) is 2.75. The molecule has 3 rings (SSSR count). The fourth-order valence-corrected chi connectivity index (χ4v) is 3.70. The van der Waals surface area contributed by atoms with E-state index in [4.69, 9.17) is 9.47 Å². The maximum absolute atomic E-state index is 13.1. The number of hydrogen-bond donors (Lipinski definition) is 0. The zero-order valence-corrected chi connectivity index (χ0v) is 17.5. The van der Waals surface area contributed by atoms with Crippen molar-refractivity contribution in [3.8, 4) is 11.5 Å². The second kappa shape index (κ2) is 9.71. The number of aldehydes is 1. The van der Waals surface area contributed by atoms with Crippen molar-refractivity contribution in [2.75, 3.05) is 26.8 Å². The minimum atomic E-state index is -0.242. The predicted molar refractivity (Wildman–Crippen MR) is 111 cm³/mol. The summed E-state index contributed by atoms with van der Waals surface area (Å²) >= 11 is 0. The van der Waals surface area contributed by atoms with Gasteiger partial charge in [0.15, 0.2) is 12.9 Å². The number of methoxy groups -OCH3 is 1. The first-order chi connectivity index (χ1) is 14.4. The van der Waals surface area contributed by atoms with Crippen LogP contribution in [0, 0.1) is 5.82 Å².